The summed E-state index contributed by atoms with van der Waals surface area (Å²) >= 11 is 0. The molecule has 0 aromatic heterocycles. The highest BCUT2D eigenvalue weighted by atomic mass is 16.5. The fourth-order valence-electron chi connectivity index (χ4n) is 3.92. The second kappa shape index (κ2) is 10.6. The standard InChI is InChI=1S/C27H28N2O3/c30-26(20-32-25-9-5-2-6-10-25)29-17-15-21(16-18-29)19-28-27(31)24-13-11-23(12-14-24)22-7-3-1-4-8-22/h1-14,21H,15-20H2,(H,28,31). The second-order valence-corrected chi connectivity index (χ2v) is 8.08. The molecule has 3 aromatic carbocycles. The maximum atomic E-state index is 12.5. The molecule has 0 unspecified atom stereocenters. The summed E-state index contributed by atoms with van der Waals surface area (Å²) in [6.45, 7) is 2.08. The Kier molecular flexibility index (Phi) is 7.18. The molecule has 2 amide bonds. The first kappa shape index (κ1) is 21.6. The maximum Gasteiger partial charge on any atom is 0.260 e. The Morgan fingerprint density at radius 2 is 1.41 bits per heavy atom. The van der Waals surface area contributed by atoms with Gasteiger partial charge >= 0.3 is 0 Å². The number of nitrogens with zero attached hydrogens (tertiary/aromatic N) is 1. The third kappa shape index (κ3) is 5.76. The fraction of sp³-hybridized carbons (Fsp3) is 0.259. The van der Waals surface area contributed by atoms with Crippen LogP contribution in [0.25, 0.3) is 11.1 Å². The number of benzene rings is 3. The van der Waals surface area contributed by atoms with Crippen LogP contribution in [0.5, 0.6) is 5.75 Å². The van der Waals surface area contributed by atoms with Crippen molar-refractivity contribution in [2.75, 3.05) is 26.2 Å². The molecule has 164 valence electrons. The van der Waals surface area contributed by atoms with Crippen molar-refractivity contribution in [2.45, 2.75) is 12.8 Å². The number of hydrogen-bond acceptors (Lipinski definition) is 3. The molecule has 1 N–H and O–H groups in total. The van der Waals surface area contributed by atoms with Gasteiger partial charge in [0.1, 0.15) is 5.75 Å². The van der Waals surface area contributed by atoms with E-state index in [1.165, 1.54) is 0 Å². The Labute approximate surface area is 189 Å². The zero-order valence-electron chi connectivity index (χ0n) is 18.1. The first-order valence-electron chi connectivity index (χ1n) is 11.1. The van der Waals surface area contributed by atoms with Crippen molar-refractivity contribution in [1.82, 2.24) is 10.2 Å². The normalized spacial score (nSPS) is 14.1. The van der Waals surface area contributed by atoms with Gasteiger partial charge in [-0.15, -0.1) is 0 Å². The van der Waals surface area contributed by atoms with Crippen LogP contribution in [0.15, 0.2) is 84.9 Å². The lowest BCUT2D eigenvalue weighted by atomic mass is 9.96. The van der Waals surface area contributed by atoms with E-state index in [-0.39, 0.29) is 18.4 Å². The number of hydrogen-bond donors (Lipinski definition) is 1. The summed E-state index contributed by atoms with van der Waals surface area (Å²) in [5, 5.41) is 3.05. The molecule has 1 heterocycles. The summed E-state index contributed by atoms with van der Waals surface area (Å²) < 4.78 is 5.56. The van der Waals surface area contributed by atoms with Crippen molar-refractivity contribution >= 4 is 11.8 Å². The van der Waals surface area contributed by atoms with Gasteiger partial charge in [0.05, 0.1) is 0 Å². The minimum atomic E-state index is -0.0561. The lowest BCUT2D eigenvalue weighted by Crippen LogP contribution is -2.43. The number of ether oxygens (including phenoxy) is 1. The monoisotopic (exact) mass is 428 g/mol. The van der Waals surface area contributed by atoms with Crippen molar-refractivity contribution in [3.05, 3.63) is 90.5 Å². The lowest BCUT2D eigenvalue weighted by molar-refractivity contribution is -0.134. The van der Waals surface area contributed by atoms with E-state index < -0.39 is 0 Å². The van der Waals surface area contributed by atoms with Gasteiger partial charge in [0.15, 0.2) is 6.61 Å². The molecule has 0 saturated carbocycles. The topological polar surface area (TPSA) is 58.6 Å². The third-order valence-corrected chi connectivity index (χ3v) is 5.88. The zero-order chi connectivity index (χ0) is 22.2. The number of rotatable bonds is 7. The van der Waals surface area contributed by atoms with Crippen LogP contribution in [0.4, 0.5) is 0 Å². The molecule has 0 spiro atoms. The van der Waals surface area contributed by atoms with Gasteiger partial charge < -0.3 is 15.0 Å². The molecule has 1 saturated heterocycles. The van der Waals surface area contributed by atoms with E-state index in [4.69, 9.17) is 4.74 Å². The predicted molar refractivity (Wildman–Crippen MR) is 125 cm³/mol. The largest absolute Gasteiger partial charge is 0.484 e. The molecule has 5 heteroatoms. The zero-order valence-corrected chi connectivity index (χ0v) is 18.1. The molecular weight excluding hydrogens is 400 g/mol. The van der Waals surface area contributed by atoms with Crippen molar-refractivity contribution in [2.24, 2.45) is 5.92 Å². The Morgan fingerprint density at radius 3 is 2.06 bits per heavy atom. The van der Waals surface area contributed by atoms with E-state index in [0.29, 0.717) is 36.9 Å². The molecule has 0 bridgehead atoms. The van der Waals surface area contributed by atoms with Gasteiger partial charge in [-0.05, 0) is 54.2 Å². The summed E-state index contributed by atoms with van der Waals surface area (Å²) in [4.78, 5) is 26.8. The molecule has 0 radical (unpaired) electrons. The fourth-order valence-corrected chi connectivity index (χ4v) is 3.92. The van der Waals surface area contributed by atoms with Crippen LogP contribution >= 0.6 is 0 Å². The van der Waals surface area contributed by atoms with Crippen LogP contribution < -0.4 is 10.1 Å². The second-order valence-electron chi connectivity index (χ2n) is 8.08. The van der Waals surface area contributed by atoms with Gasteiger partial charge in [0.2, 0.25) is 0 Å². The smallest absolute Gasteiger partial charge is 0.260 e. The Balaban J connectivity index is 1.19. The number of nitrogens with one attached hydrogen (secondary N) is 1. The average molecular weight is 429 g/mol. The molecule has 1 fully saturated rings. The first-order valence-corrected chi connectivity index (χ1v) is 11.1. The highest BCUT2D eigenvalue weighted by Crippen LogP contribution is 2.20. The van der Waals surface area contributed by atoms with Crippen LogP contribution in [0, 0.1) is 5.92 Å². The Hall–Kier alpha value is -3.60. The summed E-state index contributed by atoms with van der Waals surface area (Å²) in [6, 6.07) is 27.2. The van der Waals surface area contributed by atoms with E-state index >= 15 is 0 Å². The summed E-state index contributed by atoms with van der Waals surface area (Å²) in [7, 11) is 0. The van der Waals surface area contributed by atoms with Crippen LogP contribution in [0.3, 0.4) is 0 Å². The average Bonchev–Trinajstić information content (AvgIpc) is 2.87. The van der Waals surface area contributed by atoms with Crippen molar-refractivity contribution in [3.63, 3.8) is 0 Å². The molecule has 5 nitrogen and oxygen atoms in total. The SMILES string of the molecule is O=C(NCC1CCN(C(=O)COc2ccccc2)CC1)c1ccc(-c2ccccc2)cc1. The summed E-state index contributed by atoms with van der Waals surface area (Å²) in [5.74, 6) is 1.03. The van der Waals surface area contributed by atoms with Gasteiger partial charge in [-0.3, -0.25) is 9.59 Å². The Bertz CT molecular complexity index is 1010. The van der Waals surface area contributed by atoms with Crippen LogP contribution in [0.2, 0.25) is 0 Å². The number of para-hydroxylation sites is 1. The van der Waals surface area contributed by atoms with Crippen molar-refractivity contribution in [1.29, 1.82) is 0 Å². The van der Waals surface area contributed by atoms with E-state index in [2.05, 4.69) is 17.4 Å². The van der Waals surface area contributed by atoms with Gasteiger partial charge in [-0.1, -0.05) is 60.7 Å². The van der Waals surface area contributed by atoms with E-state index in [1.807, 2.05) is 77.7 Å². The molecule has 3 aromatic rings. The van der Waals surface area contributed by atoms with Gasteiger partial charge in [0, 0.05) is 25.2 Å². The van der Waals surface area contributed by atoms with E-state index in [0.717, 1.165) is 24.0 Å². The van der Waals surface area contributed by atoms with Crippen LogP contribution in [-0.2, 0) is 4.79 Å². The summed E-state index contributed by atoms with van der Waals surface area (Å²) in [5.41, 5.74) is 2.89. The van der Waals surface area contributed by atoms with E-state index in [9.17, 15) is 9.59 Å². The van der Waals surface area contributed by atoms with Gasteiger partial charge in [-0.25, -0.2) is 0 Å². The molecule has 0 atom stereocenters. The predicted octanol–water partition coefficient (Wildman–Crippen LogP) is 4.40. The number of amides is 2. The number of carbonyl (C=O) groups excluding carboxylic acids is 2. The molecule has 0 aliphatic carbocycles. The summed E-state index contributed by atoms with van der Waals surface area (Å²) in [6.07, 6.45) is 1.76. The molecular formula is C27H28N2O3. The highest BCUT2D eigenvalue weighted by Gasteiger charge is 2.23. The van der Waals surface area contributed by atoms with Crippen molar-refractivity contribution < 1.29 is 14.3 Å². The van der Waals surface area contributed by atoms with Crippen molar-refractivity contribution in [3.8, 4) is 16.9 Å². The molecule has 4 rings (SSSR count). The minimum Gasteiger partial charge on any atom is -0.484 e. The lowest BCUT2D eigenvalue weighted by Gasteiger charge is -2.32. The molecule has 1 aliphatic heterocycles. The van der Waals surface area contributed by atoms with Gasteiger partial charge in [-0.2, -0.15) is 0 Å². The van der Waals surface area contributed by atoms with Crippen LogP contribution in [0.1, 0.15) is 23.2 Å². The number of likely N-dealkylation sites (tertiary alicyclic amines) is 1. The third-order valence-electron chi connectivity index (χ3n) is 5.88. The van der Waals surface area contributed by atoms with E-state index in [1.54, 1.807) is 0 Å². The highest BCUT2D eigenvalue weighted by molar-refractivity contribution is 5.94. The van der Waals surface area contributed by atoms with Gasteiger partial charge in [0.25, 0.3) is 11.8 Å². The molecule has 32 heavy (non-hydrogen) atoms. The van der Waals surface area contributed by atoms with Crippen LogP contribution in [-0.4, -0.2) is 43.0 Å². The Morgan fingerprint density at radius 1 is 0.812 bits per heavy atom. The first-order chi connectivity index (χ1) is 15.7. The number of carbonyl (C=O) groups is 2. The maximum absolute atomic E-state index is 12.5. The minimum absolute atomic E-state index is 0.00912. The number of piperidine rings is 1. The molecule has 1 aliphatic rings. The quantitative estimate of drug-likeness (QED) is 0.607.